The number of para-hydroxylation sites is 2. The molecule has 0 spiro atoms. The lowest BCUT2D eigenvalue weighted by molar-refractivity contribution is 0.204. The number of carbonyl (C=O) groups is 1. The number of fused-ring (bicyclic) bond motifs is 1. The second-order valence-electron chi connectivity index (χ2n) is 6.89. The fourth-order valence-electron chi connectivity index (χ4n) is 3.51. The van der Waals surface area contributed by atoms with Crippen LogP contribution in [0.1, 0.15) is 30.3 Å². The molecule has 6 heteroatoms. The molecule has 140 valence electrons. The molecule has 3 aromatic rings. The zero-order valence-corrected chi connectivity index (χ0v) is 15.4. The van der Waals surface area contributed by atoms with Gasteiger partial charge >= 0.3 is 6.03 Å². The van der Waals surface area contributed by atoms with Crippen LogP contribution in [0, 0.1) is 0 Å². The zero-order chi connectivity index (χ0) is 18.6. The van der Waals surface area contributed by atoms with Crippen molar-refractivity contribution in [3.63, 3.8) is 0 Å². The van der Waals surface area contributed by atoms with Gasteiger partial charge in [0, 0.05) is 13.1 Å². The van der Waals surface area contributed by atoms with Crippen molar-refractivity contribution in [1.29, 1.82) is 0 Å². The second kappa shape index (κ2) is 7.70. The lowest BCUT2D eigenvalue weighted by atomic mass is 10.1. The fraction of sp³-hybridized carbons (Fsp3) is 0.333. The Morgan fingerprint density at radius 1 is 1.19 bits per heavy atom. The average molecular weight is 364 g/mol. The minimum atomic E-state index is -0.223. The third-order valence-electron chi connectivity index (χ3n) is 5.03. The molecule has 27 heavy (non-hydrogen) atoms. The number of imidazole rings is 1. The summed E-state index contributed by atoms with van der Waals surface area (Å²) in [6, 6.07) is 15.6. The number of amides is 2. The molecule has 1 aliphatic heterocycles. The molecule has 0 aliphatic carbocycles. The van der Waals surface area contributed by atoms with E-state index in [0.29, 0.717) is 6.42 Å². The highest BCUT2D eigenvalue weighted by Crippen LogP contribution is 2.22. The summed E-state index contributed by atoms with van der Waals surface area (Å²) in [5.41, 5.74) is 2.99. The summed E-state index contributed by atoms with van der Waals surface area (Å²) in [4.78, 5) is 22.6. The molecule has 1 fully saturated rings. The van der Waals surface area contributed by atoms with Crippen molar-refractivity contribution < 1.29 is 9.53 Å². The van der Waals surface area contributed by atoms with Crippen molar-refractivity contribution in [3.05, 3.63) is 59.9 Å². The molecular weight excluding hydrogens is 340 g/mol. The first kappa shape index (κ1) is 17.4. The number of ether oxygens (including phenoxy) is 1. The van der Waals surface area contributed by atoms with Crippen LogP contribution in [-0.4, -0.2) is 41.1 Å². The number of hydrogen-bond acceptors (Lipinski definition) is 3. The van der Waals surface area contributed by atoms with E-state index < -0.39 is 0 Å². The molecule has 1 unspecified atom stereocenters. The monoisotopic (exact) mass is 364 g/mol. The number of nitrogens with one attached hydrogen (secondary N) is 2. The molecular formula is C21H24N4O2. The van der Waals surface area contributed by atoms with Gasteiger partial charge in [0.1, 0.15) is 11.6 Å². The Bertz CT molecular complexity index is 880. The van der Waals surface area contributed by atoms with Gasteiger partial charge in [0.2, 0.25) is 0 Å². The van der Waals surface area contributed by atoms with Crippen molar-refractivity contribution in [2.75, 3.05) is 20.2 Å². The van der Waals surface area contributed by atoms with Gasteiger partial charge in [-0.1, -0.05) is 24.3 Å². The Labute approximate surface area is 158 Å². The van der Waals surface area contributed by atoms with Gasteiger partial charge in [-0.25, -0.2) is 9.78 Å². The van der Waals surface area contributed by atoms with E-state index >= 15 is 0 Å². The Balaban J connectivity index is 1.59. The van der Waals surface area contributed by atoms with Crippen molar-refractivity contribution in [1.82, 2.24) is 20.2 Å². The van der Waals surface area contributed by atoms with Crippen LogP contribution in [0.5, 0.6) is 5.75 Å². The van der Waals surface area contributed by atoms with Gasteiger partial charge in [-0.05, 0) is 49.1 Å². The Morgan fingerprint density at radius 3 is 2.63 bits per heavy atom. The highest BCUT2D eigenvalue weighted by Gasteiger charge is 2.24. The van der Waals surface area contributed by atoms with Crippen LogP contribution in [0.25, 0.3) is 11.0 Å². The van der Waals surface area contributed by atoms with E-state index in [0.717, 1.165) is 54.1 Å². The van der Waals surface area contributed by atoms with Crippen molar-refractivity contribution in [2.24, 2.45) is 0 Å². The number of hydrogen-bond donors (Lipinski definition) is 2. The number of benzene rings is 2. The number of nitrogens with zero attached hydrogens (tertiary/aromatic N) is 2. The Morgan fingerprint density at radius 2 is 1.93 bits per heavy atom. The minimum Gasteiger partial charge on any atom is -0.497 e. The summed E-state index contributed by atoms with van der Waals surface area (Å²) < 4.78 is 5.24. The molecule has 2 heterocycles. The van der Waals surface area contributed by atoms with E-state index in [4.69, 9.17) is 9.72 Å². The van der Waals surface area contributed by atoms with Crippen molar-refractivity contribution in [2.45, 2.75) is 25.3 Å². The van der Waals surface area contributed by atoms with Gasteiger partial charge in [-0.3, -0.25) is 0 Å². The number of aromatic amines is 1. The van der Waals surface area contributed by atoms with E-state index in [1.807, 2.05) is 53.4 Å². The van der Waals surface area contributed by atoms with E-state index in [-0.39, 0.29) is 12.1 Å². The summed E-state index contributed by atoms with van der Waals surface area (Å²) in [5.74, 6) is 1.60. The maximum Gasteiger partial charge on any atom is 0.317 e. The molecule has 2 aromatic carbocycles. The number of methoxy groups -OCH3 is 1. The first-order valence-electron chi connectivity index (χ1n) is 9.36. The van der Waals surface area contributed by atoms with E-state index in [1.54, 1.807) is 7.11 Å². The molecule has 0 saturated carbocycles. The number of rotatable bonds is 5. The van der Waals surface area contributed by atoms with Crippen LogP contribution in [0.3, 0.4) is 0 Å². The lowest BCUT2D eigenvalue weighted by Gasteiger charge is -2.22. The fourth-order valence-corrected chi connectivity index (χ4v) is 3.51. The number of carbonyl (C=O) groups excluding carboxylic acids is 1. The van der Waals surface area contributed by atoms with Gasteiger partial charge in [-0.15, -0.1) is 0 Å². The summed E-state index contributed by atoms with van der Waals surface area (Å²) in [5, 5.41) is 3.18. The van der Waals surface area contributed by atoms with Crippen LogP contribution in [0.4, 0.5) is 4.79 Å². The maximum atomic E-state index is 12.7. The highest BCUT2D eigenvalue weighted by atomic mass is 16.5. The van der Waals surface area contributed by atoms with Gasteiger partial charge < -0.3 is 19.9 Å². The van der Waals surface area contributed by atoms with Gasteiger partial charge in [0.25, 0.3) is 0 Å². The smallest absolute Gasteiger partial charge is 0.317 e. The standard InChI is InChI=1S/C21H24N4O2/c1-27-16-10-8-15(9-11-16)14-19(24-21(26)25-12-4-5-13-25)20-22-17-6-2-3-7-18(17)23-20/h2-3,6-11,19H,4-5,12-14H2,1H3,(H,22,23)(H,24,26). The number of likely N-dealkylation sites (tertiary alicyclic amines) is 1. The number of H-pyrrole nitrogens is 1. The van der Waals surface area contributed by atoms with Crippen LogP contribution >= 0.6 is 0 Å². The quantitative estimate of drug-likeness (QED) is 0.726. The Hall–Kier alpha value is -3.02. The topological polar surface area (TPSA) is 70.2 Å². The number of urea groups is 1. The number of aromatic nitrogens is 2. The molecule has 2 N–H and O–H groups in total. The molecule has 6 nitrogen and oxygen atoms in total. The molecule has 4 rings (SSSR count). The van der Waals surface area contributed by atoms with Crippen LogP contribution in [0.15, 0.2) is 48.5 Å². The molecule has 0 bridgehead atoms. The second-order valence-corrected chi connectivity index (χ2v) is 6.89. The third-order valence-corrected chi connectivity index (χ3v) is 5.03. The normalized spacial score (nSPS) is 15.1. The van der Waals surface area contributed by atoms with Crippen LogP contribution < -0.4 is 10.1 Å². The average Bonchev–Trinajstić information content (AvgIpc) is 3.37. The van der Waals surface area contributed by atoms with Gasteiger partial charge in [0.05, 0.1) is 24.2 Å². The molecule has 2 amide bonds. The van der Waals surface area contributed by atoms with Crippen LogP contribution in [0.2, 0.25) is 0 Å². The summed E-state index contributed by atoms with van der Waals surface area (Å²) >= 11 is 0. The first-order valence-corrected chi connectivity index (χ1v) is 9.36. The molecule has 1 saturated heterocycles. The SMILES string of the molecule is COc1ccc(CC(NC(=O)N2CCCC2)c2nc3ccccc3[nH]2)cc1. The van der Waals surface area contributed by atoms with Crippen LogP contribution in [-0.2, 0) is 6.42 Å². The van der Waals surface area contributed by atoms with Crippen molar-refractivity contribution >= 4 is 17.1 Å². The summed E-state index contributed by atoms with van der Waals surface area (Å²) in [6.45, 7) is 1.64. The third kappa shape index (κ3) is 3.89. The van der Waals surface area contributed by atoms with Crippen molar-refractivity contribution in [3.8, 4) is 5.75 Å². The van der Waals surface area contributed by atoms with Gasteiger partial charge in [-0.2, -0.15) is 0 Å². The lowest BCUT2D eigenvalue weighted by Crippen LogP contribution is -2.41. The Kier molecular flexibility index (Phi) is 4.96. The minimum absolute atomic E-state index is 0.0218. The summed E-state index contributed by atoms with van der Waals surface area (Å²) in [6.07, 6.45) is 2.80. The predicted molar refractivity (Wildman–Crippen MR) is 105 cm³/mol. The molecule has 0 radical (unpaired) electrons. The highest BCUT2D eigenvalue weighted by molar-refractivity contribution is 5.76. The molecule has 1 aliphatic rings. The van der Waals surface area contributed by atoms with E-state index in [1.165, 1.54) is 0 Å². The van der Waals surface area contributed by atoms with E-state index in [2.05, 4.69) is 10.3 Å². The van der Waals surface area contributed by atoms with Gasteiger partial charge in [0.15, 0.2) is 0 Å². The zero-order valence-electron chi connectivity index (χ0n) is 15.4. The maximum absolute atomic E-state index is 12.7. The molecule has 1 atom stereocenters. The largest absolute Gasteiger partial charge is 0.497 e. The summed E-state index contributed by atoms with van der Waals surface area (Å²) in [7, 11) is 1.66. The van der Waals surface area contributed by atoms with E-state index in [9.17, 15) is 4.79 Å². The first-order chi connectivity index (χ1) is 13.2. The predicted octanol–water partition coefficient (Wildman–Crippen LogP) is 3.66. The molecule has 1 aromatic heterocycles.